The van der Waals surface area contributed by atoms with Gasteiger partial charge in [-0.3, -0.25) is 0 Å². The van der Waals surface area contributed by atoms with Gasteiger partial charge in [-0.05, 0) is 49.4 Å². The van der Waals surface area contributed by atoms with Crippen molar-refractivity contribution in [2.75, 3.05) is 0 Å². The van der Waals surface area contributed by atoms with Crippen LogP contribution in [0.1, 0.15) is 6.42 Å². The zero-order valence-corrected chi connectivity index (χ0v) is 11.2. The van der Waals surface area contributed by atoms with Gasteiger partial charge >= 0.3 is 0 Å². The summed E-state index contributed by atoms with van der Waals surface area (Å²) in [5.41, 5.74) is 2.65. The van der Waals surface area contributed by atoms with Crippen molar-refractivity contribution in [3.05, 3.63) is 59.4 Å². The SMILES string of the molecule is C[Si](C)(C)OC1=CCC2=CC=CC=CC2=C1. The van der Waals surface area contributed by atoms with Gasteiger partial charge in [-0.2, -0.15) is 0 Å². The summed E-state index contributed by atoms with van der Waals surface area (Å²) in [6, 6.07) is 0. The molecule has 16 heavy (non-hydrogen) atoms. The molecule has 2 heteroatoms. The number of fused-ring (bicyclic) bond motifs is 1. The first kappa shape index (κ1) is 11.2. The summed E-state index contributed by atoms with van der Waals surface area (Å²) < 4.78 is 6.01. The molecule has 1 nitrogen and oxygen atoms in total. The quantitative estimate of drug-likeness (QED) is 0.649. The normalized spacial score (nSPS) is 19.3. The van der Waals surface area contributed by atoms with Gasteiger partial charge in [0.2, 0.25) is 8.32 Å². The molecule has 0 saturated carbocycles. The monoisotopic (exact) mass is 230 g/mol. The van der Waals surface area contributed by atoms with E-state index in [1.807, 2.05) is 0 Å². The molecule has 0 radical (unpaired) electrons. The Kier molecular flexibility index (Phi) is 3.01. The Morgan fingerprint density at radius 2 is 1.94 bits per heavy atom. The zero-order valence-electron chi connectivity index (χ0n) is 10.2. The first-order chi connectivity index (χ1) is 7.54. The van der Waals surface area contributed by atoms with Gasteiger partial charge in [0.15, 0.2) is 0 Å². The molecular formula is C14H18OSi. The lowest BCUT2D eigenvalue weighted by Gasteiger charge is -2.23. The minimum absolute atomic E-state index is 0.973. The first-order valence-electron chi connectivity index (χ1n) is 5.70. The number of hydrogen-bond donors (Lipinski definition) is 0. The summed E-state index contributed by atoms with van der Waals surface area (Å²) in [6.07, 6.45) is 15.9. The Hall–Kier alpha value is -1.28. The summed E-state index contributed by atoms with van der Waals surface area (Å²) in [6.45, 7) is 6.63. The highest BCUT2D eigenvalue weighted by Crippen LogP contribution is 2.27. The summed E-state index contributed by atoms with van der Waals surface area (Å²) in [5.74, 6) is 1.04. The van der Waals surface area contributed by atoms with Crippen LogP contribution in [-0.4, -0.2) is 8.32 Å². The van der Waals surface area contributed by atoms with Gasteiger partial charge in [0.1, 0.15) is 0 Å². The van der Waals surface area contributed by atoms with Crippen molar-refractivity contribution in [2.45, 2.75) is 26.1 Å². The fourth-order valence-corrected chi connectivity index (χ4v) is 2.62. The molecule has 84 valence electrons. The lowest BCUT2D eigenvalue weighted by molar-refractivity contribution is 0.437. The van der Waals surface area contributed by atoms with E-state index in [1.165, 1.54) is 11.1 Å². The molecule has 2 aliphatic rings. The van der Waals surface area contributed by atoms with E-state index in [-0.39, 0.29) is 0 Å². The standard InChI is InChI=1S/C14H18OSi/c1-16(2,3)15-14-10-9-12-7-5-4-6-8-13(12)11-14/h4-8,10-11H,9H2,1-3H3. The first-order valence-corrected chi connectivity index (χ1v) is 9.11. The molecule has 0 atom stereocenters. The fourth-order valence-electron chi connectivity index (χ4n) is 1.77. The molecule has 0 aromatic carbocycles. The summed E-state index contributed by atoms with van der Waals surface area (Å²) in [5, 5.41) is 0. The Morgan fingerprint density at radius 1 is 1.12 bits per heavy atom. The van der Waals surface area contributed by atoms with Gasteiger partial charge in [-0.25, -0.2) is 0 Å². The zero-order chi connectivity index (χ0) is 11.6. The maximum Gasteiger partial charge on any atom is 0.242 e. The third-order valence-electron chi connectivity index (χ3n) is 2.41. The van der Waals surface area contributed by atoms with Crippen molar-refractivity contribution in [2.24, 2.45) is 0 Å². The van der Waals surface area contributed by atoms with E-state index in [9.17, 15) is 0 Å². The number of allylic oxidation sites excluding steroid dienone is 9. The van der Waals surface area contributed by atoms with Crippen molar-refractivity contribution in [1.82, 2.24) is 0 Å². The molecule has 2 aliphatic carbocycles. The molecule has 0 aromatic heterocycles. The highest BCUT2D eigenvalue weighted by molar-refractivity contribution is 6.70. The largest absolute Gasteiger partial charge is 0.545 e. The smallest absolute Gasteiger partial charge is 0.242 e. The van der Waals surface area contributed by atoms with E-state index >= 15 is 0 Å². The van der Waals surface area contributed by atoms with Crippen LogP contribution in [-0.2, 0) is 4.43 Å². The van der Waals surface area contributed by atoms with Crippen molar-refractivity contribution in [3.63, 3.8) is 0 Å². The Bertz CT molecular complexity index is 428. The molecule has 0 bridgehead atoms. The Labute approximate surface area is 98.6 Å². The van der Waals surface area contributed by atoms with Crippen LogP contribution in [0.25, 0.3) is 0 Å². The van der Waals surface area contributed by atoms with Gasteiger partial charge in [0.25, 0.3) is 0 Å². The predicted octanol–water partition coefficient (Wildman–Crippen LogP) is 4.10. The molecule has 0 aromatic rings. The minimum Gasteiger partial charge on any atom is -0.545 e. The van der Waals surface area contributed by atoms with E-state index in [0.717, 1.165) is 12.2 Å². The topological polar surface area (TPSA) is 9.23 Å². The molecular weight excluding hydrogens is 212 g/mol. The van der Waals surface area contributed by atoms with Gasteiger partial charge in [-0.1, -0.05) is 30.4 Å². The Morgan fingerprint density at radius 3 is 2.69 bits per heavy atom. The van der Waals surface area contributed by atoms with Gasteiger partial charge in [0, 0.05) is 0 Å². The molecule has 0 heterocycles. The van der Waals surface area contributed by atoms with Crippen LogP contribution in [0.15, 0.2) is 59.4 Å². The third-order valence-corrected chi connectivity index (χ3v) is 3.26. The molecule has 0 unspecified atom stereocenters. The second-order valence-corrected chi connectivity index (χ2v) is 9.49. The molecule has 0 spiro atoms. The van der Waals surface area contributed by atoms with Crippen LogP contribution >= 0.6 is 0 Å². The van der Waals surface area contributed by atoms with Crippen LogP contribution in [0.5, 0.6) is 0 Å². The summed E-state index contributed by atoms with van der Waals surface area (Å²) >= 11 is 0. The van der Waals surface area contributed by atoms with Gasteiger partial charge in [-0.15, -0.1) is 0 Å². The number of hydrogen-bond acceptors (Lipinski definition) is 1. The van der Waals surface area contributed by atoms with Crippen molar-refractivity contribution in [3.8, 4) is 0 Å². The van der Waals surface area contributed by atoms with E-state index < -0.39 is 8.32 Å². The van der Waals surface area contributed by atoms with E-state index in [4.69, 9.17) is 4.43 Å². The molecule has 2 rings (SSSR count). The van der Waals surface area contributed by atoms with Gasteiger partial charge < -0.3 is 4.43 Å². The molecule has 0 amide bonds. The second kappa shape index (κ2) is 4.30. The lowest BCUT2D eigenvalue weighted by Crippen LogP contribution is -2.24. The van der Waals surface area contributed by atoms with Crippen LogP contribution in [0, 0.1) is 0 Å². The Balaban J connectivity index is 2.20. The maximum atomic E-state index is 6.01. The highest BCUT2D eigenvalue weighted by Gasteiger charge is 2.19. The molecule has 0 N–H and O–H groups in total. The van der Waals surface area contributed by atoms with Gasteiger partial charge in [0.05, 0.1) is 5.76 Å². The lowest BCUT2D eigenvalue weighted by atomic mass is 9.97. The average molecular weight is 230 g/mol. The minimum atomic E-state index is -1.49. The summed E-state index contributed by atoms with van der Waals surface area (Å²) in [7, 11) is -1.49. The van der Waals surface area contributed by atoms with Crippen molar-refractivity contribution < 1.29 is 4.43 Å². The van der Waals surface area contributed by atoms with Crippen molar-refractivity contribution >= 4 is 8.32 Å². The van der Waals surface area contributed by atoms with E-state index in [0.29, 0.717) is 0 Å². The highest BCUT2D eigenvalue weighted by atomic mass is 28.4. The van der Waals surface area contributed by atoms with Crippen LogP contribution < -0.4 is 0 Å². The van der Waals surface area contributed by atoms with E-state index in [2.05, 4.69) is 62.2 Å². The van der Waals surface area contributed by atoms with Crippen LogP contribution in [0.2, 0.25) is 19.6 Å². The van der Waals surface area contributed by atoms with Crippen LogP contribution in [0.4, 0.5) is 0 Å². The van der Waals surface area contributed by atoms with Crippen molar-refractivity contribution in [1.29, 1.82) is 0 Å². The third kappa shape index (κ3) is 2.86. The molecule has 0 fully saturated rings. The summed E-state index contributed by atoms with van der Waals surface area (Å²) in [4.78, 5) is 0. The average Bonchev–Trinajstić information content (AvgIpc) is 2.39. The second-order valence-electron chi connectivity index (χ2n) is 5.06. The van der Waals surface area contributed by atoms with Crippen LogP contribution in [0.3, 0.4) is 0 Å². The maximum absolute atomic E-state index is 6.01. The number of rotatable bonds is 2. The fraction of sp³-hybridized carbons (Fsp3) is 0.286. The van der Waals surface area contributed by atoms with E-state index in [1.54, 1.807) is 0 Å². The molecule has 0 saturated heterocycles. The predicted molar refractivity (Wildman–Crippen MR) is 71.6 cm³/mol. The molecule has 0 aliphatic heterocycles.